The summed E-state index contributed by atoms with van der Waals surface area (Å²) in [6, 6.07) is 0. The lowest BCUT2D eigenvalue weighted by Gasteiger charge is -2.11. The Kier molecular flexibility index (Phi) is 2.86. The van der Waals surface area contributed by atoms with Gasteiger partial charge in [0, 0.05) is 12.3 Å². The van der Waals surface area contributed by atoms with Crippen LogP contribution in [0.5, 0.6) is 0 Å². The normalized spacial score (nSPS) is 30.8. The molecule has 0 amide bonds. The molecule has 0 aromatic rings. The Hall–Kier alpha value is -0.590. The summed E-state index contributed by atoms with van der Waals surface area (Å²) in [6.45, 7) is 5.74. The van der Waals surface area contributed by atoms with E-state index in [0.29, 0.717) is 17.6 Å². The Morgan fingerprint density at radius 1 is 1.73 bits per heavy atom. The highest BCUT2D eigenvalue weighted by atomic mass is 16.1. The summed E-state index contributed by atoms with van der Waals surface area (Å²) in [4.78, 5) is 11.1. The second-order valence-electron chi connectivity index (χ2n) is 3.42. The van der Waals surface area contributed by atoms with Crippen molar-refractivity contribution >= 4 is 5.78 Å². The Morgan fingerprint density at radius 3 is 2.91 bits per heavy atom. The molecule has 0 bridgehead atoms. The van der Waals surface area contributed by atoms with Gasteiger partial charge in [-0.2, -0.15) is 0 Å². The molecular weight excluding hydrogens is 136 g/mol. The molecule has 2 atom stereocenters. The second-order valence-corrected chi connectivity index (χ2v) is 3.42. The predicted molar refractivity (Wildman–Crippen MR) is 46.3 cm³/mol. The Bertz CT molecular complexity index is 160. The summed E-state index contributed by atoms with van der Waals surface area (Å²) in [5.41, 5.74) is 0. The molecule has 1 rings (SSSR count). The Morgan fingerprint density at radius 2 is 2.45 bits per heavy atom. The number of carbonyl (C=O) groups excluding carboxylic acids is 1. The van der Waals surface area contributed by atoms with Crippen molar-refractivity contribution in [2.24, 2.45) is 11.8 Å². The van der Waals surface area contributed by atoms with Gasteiger partial charge in [-0.3, -0.25) is 4.79 Å². The van der Waals surface area contributed by atoms with E-state index >= 15 is 0 Å². The first-order valence-electron chi connectivity index (χ1n) is 4.39. The van der Waals surface area contributed by atoms with E-state index in [2.05, 4.69) is 13.5 Å². The number of hydrogen-bond donors (Lipinski definition) is 0. The molecule has 0 spiro atoms. The number of allylic oxidation sites excluding steroid dienone is 1. The fraction of sp³-hybridized carbons (Fsp3) is 0.700. The van der Waals surface area contributed by atoms with Gasteiger partial charge in [-0.1, -0.05) is 13.0 Å². The van der Waals surface area contributed by atoms with Crippen LogP contribution in [0.2, 0.25) is 0 Å². The number of carbonyl (C=O) groups is 1. The van der Waals surface area contributed by atoms with E-state index in [0.717, 1.165) is 25.7 Å². The molecule has 0 aliphatic heterocycles. The van der Waals surface area contributed by atoms with Crippen LogP contribution >= 0.6 is 0 Å². The molecule has 1 fully saturated rings. The maximum absolute atomic E-state index is 11.1. The van der Waals surface area contributed by atoms with E-state index in [4.69, 9.17) is 0 Å². The van der Waals surface area contributed by atoms with E-state index in [1.54, 1.807) is 0 Å². The molecule has 0 radical (unpaired) electrons. The van der Waals surface area contributed by atoms with E-state index in [1.807, 2.05) is 6.08 Å². The van der Waals surface area contributed by atoms with Crippen molar-refractivity contribution in [3.8, 4) is 0 Å². The third-order valence-corrected chi connectivity index (χ3v) is 2.72. The Balaban J connectivity index is 2.35. The fourth-order valence-electron chi connectivity index (χ4n) is 1.79. The minimum atomic E-state index is 0.315. The zero-order valence-corrected chi connectivity index (χ0v) is 7.18. The molecule has 0 heterocycles. The molecular formula is C10H16O. The van der Waals surface area contributed by atoms with Crippen LogP contribution in [-0.2, 0) is 4.79 Å². The first-order chi connectivity index (χ1) is 5.25. The third kappa shape index (κ3) is 1.92. The quantitative estimate of drug-likeness (QED) is 0.568. The molecule has 11 heavy (non-hydrogen) atoms. The Labute approximate surface area is 68.5 Å². The van der Waals surface area contributed by atoms with Crippen molar-refractivity contribution in [2.45, 2.75) is 32.6 Å². The van der Waals surface area contributed by atoms with Gasteiger partial charge in [0.05, 0.1) is 0 Å². The molecule has 2 unspecified atom stereocenters. The molecule has 62 valence electrons. The van der Waals surface area contributed by atoms with Crippen LogP contribution in [0.1, 0.15) is 32.6 Å². The van der Waals surface area contributed by atoms with Crippen molar-refractivity contribution in [1.82, 2.24) is 0 Å². The van der Waals surface area contributed by atoms with Gasteiger partial charge in [0.15, 0.2) is 0 Å². The monoisotopic (exact) mass is 152 g/mol. The maximum atomic E-state index is 11.1. The summed E-state index contributed by atoms with van der Waals surface area (Å²) >= 11 is 0. The van der Waals surface area contributed by atoms with Crippen molar-refractivity contribution in [2.75, 3.05) is 0 Å². The SMILES string of the molecule is C=CCCC1CCC(=O)C1C. The number of rotatable bonds is 3. The minimum Gasteiger partial charge on any atom is -0.299 e. The molecule has 1 heteroatoms. The molecule has 1 aliphatic rings. The lowest BCUT2D eigenvalue weighted by Crippen LogP contribution is -2.09. The van der Waals surface area contributed by atoms with Gasteiger partial charge >= 0.3 is 0 Å². The van der Waals surface area contributed by atoms with Crippen molar-refractivity contribution < 1.29 is 4.79 Å². The molecule has 1 aliphatic carbocycles. The van der Waals surface area contributed by atoms with E-state index in [1.165, 1.54) is 0 Å². The van der Waals surface area contributed by atoms with E-state index in [9.17, 15) is 4.79 Å². The third-order valence-electron chi connectivity index (χ3n) is 2.72. The van der Waals surface area contributed by atoms with Crippen molar-refractivity contribution in [1.29, 1.82) is 0 Å². The first-order valence-corrected chi connectivity index (χ1v) is 4.39. The van der Waals surface area contributed by atoms with E-state index < -0.39 is 0 Å². The average molecular weight is 152 g/mol. The largest absolute Gasteiger partial charge is 0.299 e. The standard InChI is InChI=1S/C10H16O/c1-3-4-5-9-6-7-10(11)8(9)2/h3,8-9H,1,4-7H2,2H3. The molecule has 0 N–H and O–H groups in total. The van der Waals surface area contributed by atoms with Crippen LogP contribution in [-0.4, -0.2) is 5.78 Å². The van der Waals surface area contributed by atoms with Gasteiger partial charge in [0.25, 0.3) is 0 Å². The molecule has 0 aromatic heterocycles. The lowest BCUT2D eigenvalue weighted by atomic mass is 9.93. The first kappa shape index (κ1) is 8.51. The lowest BCUT2D eigenvalue weighted by molar-refractivity contribution is -0.120. The van der Waals surface area contributed by atoms with E-state index in [-0.39, 0.29) is 0 Å². The topological polar surface area (TPSA) is 17.1 Å². The van der Waals surface area contributed by atoms with Crippen molar-refractivity contribution in [3.05, 3.63) is 12.7 Å². The number of hydrogen-bond acceptors (Lipinski definition) is 1. The maximum Gasteiger partial charge on any atom is 0.135 e. The smallest absolute Gasteiger partial charge is 0.135 e. The summed E-state index contributed by atoms with van der Waals surface area (Å²) in [5.74, 6) is 1.41. The van der Waals surface area contributed by atoms with Crippen LogP contribution < -0.4 is 0 Å². The van der Waals surface area contributed by atoms with Crippen LogP contribution in [0.25, 0.3) is 0 Å². The van der Waals surface area contributed by atoms with Crippen LogP contribution in [0.15, 0.2) is 12.7 Å². The van der Waals surface area contributed by atoms with Gasteiger partial charge in [-0.15, -0.1) is 6.58 Å². The zero-order valence-electron chi connectivity index (χ0n) is 7.18. The molecule has 0 saturated heterocycles. The van der Waals surface area contributed by atoms with Gasteiger partial charge in [-0.25, -0.2) is 0 Å². The molecule has 1 nitrogen and oxygen atoms in total. The van der Waals surface area contributed by atoms with Crippen LogP contribution in [0, 0.1) is 11.8 Å². The highest BCUT2D eigenvalue weighted by molar-refractivity contribution is 5.82. The van der Waals surface area contributed by atoms with Crippen molar-refractivity contribution in [3.63, 3.8) is 0 Å². The number of Topliss-reactive ketones (excluding diaryl/α,β-unsaturated/α-hetero) is 1. The highest BCUT2D eigenvalue weighted by Gasteiger charge is 2.29. The van der Waals surface area contributed by atoms with Gasteiger partial charge in [-0.05, 0) is 25.2 Å². The zero-order chi connectivity index (χ0) is 8.27. The van der Waals surface area contributed by atoms with Crippen LogP contribution in [0.3, 0.4) is 0 Å². The molecule has 0 aromatic carbocycles. The second kappa shape index (κ2) is 3.70. The summed E-state index contributed by atoms with van der Waals surface area (Å²) in [7, 11) is 0. The highest BCUT2D eigenvalue weighted by Crippen LogP contribution is 2.31. The predicted octanol–water partition coefficient (Wildman–Crippen LogP) is 2.57. The summed E-state index contributed by atoms with van der Waals surface area (Å²) < 4.78 is 0. The van der Waals surface area contributed by atoms with Crippen LogP contribution in [0.4, 0.5) is 0 Å². The number of ketones is 1. The van der Waals surface area contributed by atoms with Gasteiger partial charge in [0.1, 0.15) is 5.78 Å². The minimum absolute atomic E-state index is 0.315. The summed E-state index contributed by atoms with van der Waals surface area (Å²) in [5, 5.41) is 0. The fourth-order valence-corrected chi connectivity index (χ4v) is 1.79. The molecule has 1 saturated carbocycles. The van der Waals surface area contributed by atoms with Gasteiger partial charge in [0.2, 0.25) is 0 Å². The summed E-state index contributed by atoms with van der Waals surface area (Å²) in [6.07, 6.45) is 6.06. The average Bonchev–Trinajstić information content (AvgIpc) is 2.31. The van der Waals surface area contributed by atoms with Gasteiger partial charge < -0.3 is 0 Å².